The molecule has 1 saturated carbocycles. The molecule has 6 heteroatoms. The van der Waals surface area contributed by atoms with Gasteiger partial charge in [0.2, 0.25) is 10.0 Å². The summed E-state index contributed by atoms with van der Waals surface area (Å²) in [6.45, 7) is 2.22. The lowest BCUT2D eigenvalue weighted by atomic mass is 10.0. The number of nitrogens with one attached hydrogen (secondary N) is 1. The molecule has 0 heterocycles. The SMILES string of the molecule is Cc1cc(S(=O)(=O)NC2(CN)CCCC2)ccc1Br. The average molecular weight is 347 g/mol. The summed E-state index contributed by atoms with van der Waals surface area (Å²) >= 11 is 3.37. The van der Waals surface area contributed by atoms with Gasteiger partial charge in [-0.1, -0.05) is 28.8 Å². The molecule has 1 aliphatic rings. The van der Waals surface area contributed by atoms with Crippen molar-refractivity contribution in [3.8, 4) is 0 Å². The fraction of sp³-hybridized carbons (Fsp3) is 0.538. The summed E-state index contributed by atoms with van der Waals surface area (Å²) in [4.78, 5) is 0.299. The van der Waals surface area contributed by atoms with Gasteiger partial charge < -0.3 is 5.73 Å². The lowest BCUT2D eigenvalue weighted by Gasteiger charge is -2.28. The molecule has 0 radical (unpaired) electrons. The molecule has 1 fully saturated rings. The summed E-state index contributed by atoms with van der Waals surface area (Å²) in [6.07, 6.45) is 3.69. The van der Waals surface area contributed by atoms with Crippen LogP contribution in [-0.2, 0) is 10.0 Å². The normalized spacial score (nSPS) is 18.7. The number of hydrogen-bond acceptors (Lipinski definition) is 3. The summed E-state index contributed by atoms with van der Waals surface area (Å²) in [6, 6.07) is 5.04. The largest absolute Gasteiger partial charge is 0.329 e. The van der Waals surface area contributed by atoms with Gasteiger partial charge in [-0.15, -0.1) is 0 Å². The number of sulfonamides is 1. The standard InChI is InChI=1S/C13H19BrN2O2S/c1-10-8-11(4-5-12(10)14)19(17,18)16-13(9-15)6-2-3-7-13/h4-5,8,16H,2-3,6-7,9,15H2,1H3. The molecular weight excluding hydrogens is 328 g/mol. The number of aryl methyl sites for hydroxylation is 1. The number of rotatable bonds is 4. The second kappa shape index (κ2) is 5.52. The van der Waals surface area contributed by atoms with Crippen LogP contribution in [0.4, 0.5) is 0 Å². The predicted molar refractivity (Wildman–Crippen MR) is 79.5 cm³/mol. The lowest BCUT2D eigenvalue weighted by Crippen LogP contribution is -2.51. The van der Waals surface area contributed by atoms with Crippen molar-refractivity contribution < 1.29 is 8.42 Å². The molecule has 106 valence electrons. The minimum Gasteiger partial charge on any atom is -0.329 e. The van der Waals surface area contributed by atoms with Gasteiger partial charge in [0.05, 0.1) is 4.90 Å². The van der Waals surface area contributed by atoms with Crippen LogP contribution >= 0.6 is 15.9 Å². The molecule has 0 aliphatic heterocycles. The van der Waals surface area contributed by atoms with Crippen molar-refractivity contribution in [1.29, 1.82) is 0 Å². The van der Waals surface area contributed by atoms with E-state index in [9.17, 15) is 8.42 Å². The van der Waals surface area contributed by atoms with Crippen molar-refractivity contribution in [2.45, 2.75) is 43.0 Å². The monoisotopic (exact) mass is 346 g/mol. The fourth-order valence-corrected chi connectivity index (χ4v) is 4.33. The minimum atomic E-state index is -3.50. The van der Waals surface area contributed by atoms with Crippen molar-refractivity contribution in [2.24, 2.45) is 5.73 Å². The van der Waals surface area contributed by atoms with E-state index < -0.39 is 15.6 Å². The zero-order chi connectivity index (χ0) is 14.1. The molecule has 0 spiro atoms. The second-order valence-electron chi connectivity index (χ2n) is 5.21. The Morgan fingerprint density at radius 3 is 2.53 bits per heavy atom. The molecule has 0 saturated heterocycles. The third-order valence-electron chi connectivity index (χ3n) is 3.74. The van der Waals surface area contributed by atoms with E-state index in [4.69, 9.17) is 5.73 Å². The molecule has 0 bridgehead atoms. The number of benzene rings is 1. The zero-order valence-corrected chi connectivity index (χ0v) is 13.4. The Morgan fingerprint density at radius 2 is 2.00 bits per heavy atom. The first-order valence-corrected chi connectivity index (χ1v) is 8.66. The molecule has 1 aliphatic carbocycles. The van der Waals surface area contributed by atoms with Gasteiger partial charge in [-0.05, 0) is 43.5 Å². The van der Waals surface area contributed by atoms with Gasteiger partial charge in [0.15, 0.2) is 0 Å². The van der Waals surface area contributed by atoms with Crippen LogP contribution in [0.1, 0.15) is 31.2 Å². The van der Waals surface area contributed by atoms with E-state index in [1.165, 1.54) is 0 Å². The van der Waals surface area contributed by atoms with Crippen LogP contribution in [0.25, 0.3) is 0 Å². The van der Waals surface area contributed by atoms with Crippen molar-refractivity contribution >= 4 is 26.0 Å². The highest BCUT2D eigenvalue weighted by Crippen LogP contribution is 2.30. The molecular formula is C13H19BrN2O2S. The Morgan fingerprint density at radius 1 is 1.37 bits per heavy atom. The molecule has 4 nitrogen and oxygen atoms in total. The lowest BCUT2D eigenvalue weighted by molar-refractivity contribution is 0.399. The minimum absolute atomic E-state index is 0.299. The number of nitrogens with two attached hydrogens (primary N) is 1. The zero-order valence-electron chi connectivity index (χ0n) is 10.9. The van der Waals surface area contributed by atoms with Crippen molar-refractivity contribution in [3.63, 3.8) is 0 Å². The van der Waals surface area contributed by atoms with Crippen LogP contribution in [-0.4, -0.2) is 20.5 Å². The molecule has 0 amide bonds. The van der Waals surface area contributed by atoms with Crippen molar-refractivity contribution in [2.75, 3.05) is 6.54 Å². The van der Waals surface area contributed by atoms with E-state index in [-0.39, 0.29) is 0 Å². The smallest absolute Gasteiger partial charge is 0.241 e. The highest BCUT2D eigenvalue weighted by Gasteiger charge is 2.36. The van der Waals surface area contributed by atoms with Crippen LogP contribution in [0.5, 0.6) is 0 Å². The van der Waals surface area contributed by atoms with Gasteiger partial charge in [0.25, 0.3) is 0 Å². The van der Waals surface area contributed by atoms with Gasteiger partial charge in [-0.25, -0.2) is 13.1 Å². The Kier molecular flexibility index (Phi) is 4.35. The van der Waals surface area contributed by atoms with Crippen LogP contribution in [0.3, 0.4) is 0 Å². The Hall–Kier alpha value is -0.430. The summed E-state index contributed by atoms with van der Waals surface area (Å²) in [5.74, 6) is 0. The molecule has 0 unspecified atom stereocenters. The Balaban J connectivity index is 2.29. The molecule has 3 N–H and O–H groups in total. The molecule has 0 aromatic heterocycles. The van der Waals surface area contributed by atoms with E-state index in [0.717, 1.165) is 35.7 Å². The maximum absolute atomic E-state index is 12.4. The Bertz CT molecular complexity index is 566. The highest BCUT2D eigenvalue weighted by atomic mass is 79.9. The topological polar surface area (TPSA) is 72.2 Å². The summed E-state index contributed by atoms with van der Waals surface area (Å²) in [5, 5.41) is 0. The van der Waals surface area contributed by atoms with Gasteiger partial charge in [0, 0.05) is 16.6 Å². The van der Waals surface area contributed by atoms with E-state index >= 15 is 0 Å². The van der Waals surface area contributed by atoms with E-state index in [1.807, 2.05) is 6.92 Å². The first kappa shape index (κ1) is 15.0. The van der Waals surface area contributed by atoms with Gasteiger partial charge >= 0.3 is 0 Å². The summed E-state index contributed by atoms with van der Waals surface area (Å²) < 4.78 is 28.6. The maximum Gasteiger partial charge on any atom is 0.241 e. The molecule has 1 aromatic carbocycles. The molecule has 2 rings (SSSR count). The summed E-state index contributed by atoms with van der Waals surface area (Å²) in [7, 11) is -3.50. The number of halogens is 1. The van der Waals surface area contributed by atoms with Crippen LogP contribution in [0, 0.1) is 6.92 Å². The molecule has 19 heavy (non-hydrogen) atoms. The van der Waals surface area contributed by atoms with Crippen molar-refractivity contribution in [3.05, 3.63) is 28.2 Å². The summed E-state index contributed by atoms with van der Waals surface area (Å²) in [5.41, 5.74) is 6.21. The maximum atomic E-state index is 12.4. The molecule has 0 atom stereocenters. The van der Waals surface area contributed by atoms with Crippen LogP contribution in [0.15, 0.2) is 27.6 Å². The second-order valence-corrected chi connectivity index (χ2v) is 7.74. The van der Waals surface area contributed by atoms with Gasteiger partial charge in [-0.2, -0.15) is 0 Å². The van der Waals surface area contributed by atoms with E-state index in [2.05, 4.69) is 20.7 Å². The highest BCUT2D eigenvalue weighted by molar-refractivity contribution is 9.10. The number of hydrogen-bond donors (Lipinski definition) is 2. The van der Waals surface area contributed by atoms with Crippen molar-refractivity contribution in [1.82, 2.24) is 4.72 Å². The van der Waals surface area contributed by atoms with Gasteiger partial charge in [-0.3, -0.25) is 0 Å². The van der Waals surface area contributed by atoms with Crippen LogP contribution in [0.2, 0.25) is 0 Å². The third-order valence-corrected chi connectivity index (χ3v) is 6.21. The third kappa shape index (κ3) is 3.18. The average Bonchev–Trinajstić information content (AvgIpc) is 2.81. The van der Waals surface area contributed by atoms with E-state index in [0.29, 0.717) is 11.4 Å². The quantitative estimate of drug-likeness (QED) is 0.878. The predicted octanol–water partition coefficient (Wildman–Crippen LogP) is 2.31. The van der Waals surface area contributed by atoms with Gasteiger partial charge in [0.1, 0.15) is 0 Å². The van der Waals surface area contributed by atoms with E-state index in [1.54, 1.807) is 18.2 Å². The van der Waals surface area contributed by atoms with Crippen LogP contribution < -0.4 is 10.5 Å². The molecule has 1 aromatic rings. The Labute approximate surface area is 122 Å². The first-order chi connectivity index (χ1) is 8.88. The first-order valence-electron chi connectivity index (χ1n) is 6.39. The fourth-order valence-electron chi connectivity index (χ4n) is 2.53.